The Bertz CT molecular complexity index is 1350. The number of benzene rings is 1. The molecule has 0 N–H and O–H groups in total. The zero-order valence-electron chi connectivity index (χ0n) is 24.3. The van der Waals surface area contributed by atoms with E-state index >= 15 is 0 Å². The number of alkyl halides is 17. The molecule has 0 aliphatic carbocycles. The van der Waals surface area contributed by atoms with E-state index in [1.54, 1.807) is 13.8 Å². The van der Waals surface area contributed by atoms with Gasteiger partial charge in [0.15, 0.2) is 11.5 Å². The van der Waals surface area contributed by atoms with E-state index in [0.717, 1.165) is 0 Å². The van der Waals surface area contributed by atoms with Gasteiger partial charge < -0.3 is 14.4 Å². The topological polar surface area (TPSA) is 38.8 Å². The Morgan fingerprint density at radius 1 is 0.750 bits per heavy atom. The molecule has 1 aromatic rings. The molecule has 48 heavy (non-hydrogen) atoms. The number of carbonyl (C=O) groups is 1. The highest BCUT2D eigenvalue weighted by molar-refractivity contribution is 8.00. The van der Waals surface area contributed by atoms with Crippen molar-refractivity contribution in [1.82, 2.24) is 4.90 Å². The smallest absolute Gasteiger partial charge is 0.454 e. The second kappa shape index (κ2) is 12.6. The molecular formula is C26H24F17NO3S. The van der Waals surface area contributed by atoms with Crippen molar-refractivity contribution in [2.45, 2.75) is 86.0 Å². The van der Waals surface area contributed by atoms with Gasteiger partial charge in [-0.25, -0.2) is 0 Å². The lowest BCUT2D eigenvalue weighted by atomic mass is 9.88. The first kappa shape index (κ1) is 39.9. The highest BCUT2D eigenvalue weighted by Gasteiger charge is 2.95. The molecule has 3 rings (SSSR count). The average molecular weight is 754 g/mol. The van der Waals surface area contributed by atoms with Crippen LogP contribution in [0.2, 0.25) is 0 Å². The fourth-order valence-electron chi connectivity index (χ4n) is 4.58. The fourth-order valence-corrected chi connectivity index (χ4v) is 5.88. The van der Waals surface area contributed by atoms with Crippen LogP contribution in [-0.2, 0) is 11.2 Å². The summed E-state index contributed by atoms with van der Waals surface area (Å²) in [6, 6.07) is 2.67. The van der Waals surface area contributed by atoms with Crippen LogP contribution in [0.25, 0.3) is 0 Å². The molecule has 1 atom stereocenters. The molecule has 1 amide bonds. The standard InChI is InChI=1S/C26H24F17NO3S/c1-12(2)3-6-44-7-4-13-9-15-16(47-11-46-15)10-14(13)17(18(44)45)48-8-5-19(27,28)20(29,30)21(31,32)22(33,34)23(35,36)24(37,38)25(39,40)26(41,42)43/h9-10,12,17H,3-8,11H2,1-2H3. The first-order valence-corrected chi connectivity index (χ1v) is 14.6. The molecule has 1 aromatic carbocycles. The van der Waals surface area contributed by atoms with Crippen LogP contribution in [0.1, 0.15) is 43.1 Å². The van der Waals surface area contributed by atoms with Crippen molar-refractivity contribution in [2.75, 3.05) is 25.6 Å². The largest absolute Gasteiger partial charge is 0.460 e. The Labute approximate surface area is 264 Å². The number of hydrogen-bond donors (Lipinski definition) is 0. The van der Waals surface area contributed by atoms with Crippen molar-refractivity contribution in [3.63, 3.8) is 0 Å². The Hall–Kier alpha value is -2.55. The van der Waals surface area contributed by atoms with Gasteiger partial charge in [-0.15, -0.1) is 11.8 Å². The summed E-state index contributed by atoms with van der Waals surface area (Å²) in [5.41, 5.74) is 0.444. The van der Waals surface area contributed by atoms with Gasteiger partial charge in [0.2, 0.25) is 12.7 Å². The number of amides is 1. The molecule has 0 saturated carbocycles. The van der Waals surface area contributed by atoms with Crippen molar-refractivity contribution < 1.29 is 88.9 Å². The third-order valence-corrected chi connectivity index (χ3v) is 8.80. The van der Waals surface area contributed by atoms with E-state index in [9.17, 15) is 79.4 Å². The van der Waals surface area contributed by atoms with Crippen molar-refractivity contribution in [3.05, 3.63) is 23.3 Å². The molecule has 22 heteroatoms. The van der Waals surface area contributed by atoms with E-state index < -0.39 is 71.0 Å². The highest BCUT2D eigenvalue weighted by Crippen LogP contribution is 2.64. The lowest BCUT2D eigenvalue weighted by Gasteiger charge is -2.42. The summed E-state index contributed by atoms with van der Waals surface area (Å²) in [7, 11) is 0. The predicted octanol–water partition coefficient (Wildman–Crippen LogP) is 9.02. The Morgan fingerprint density at radius 2 is 1.23 bits per heavy atom. The van der Waals surface area contributed by atoms with Crippen LogP contribution < -0.4 is 9.47 Å². The molecule has 0 spiro atoms. The van der Waals surface area contributed by atoms with Crippen molar-refractivity contribution >= 4 is 17.7 Å². The summed E-state index contributed by atoms with van der Waals surface area (Å²) in [4.78, 5) is 14.7. The number of hydrogen-bond acceptors (Lipinski definition) is 4. The second-order valence-electron chi connectivity index (χ2n) is 11.3. The number of nitrogens with zero attached hydrogens (tertiary/aromatic N) is 1. The van der Waals surface area contributed by atoms with Crippen LogP contribution in [0.3, 0.4) is 0 Å². The molecule has 0 saturated heterocycles. The number of ether oxygens (including phenoxy) is 2. The van der Waals surface area contributed by atoms with Gasteiger partial charge in [0.25, 0.3) is 0 Å². The SMILES string of the molecule is CC(C)CCN1CCc2cc3c(cc2C(SCCC(F)(F)C(F)(F)C(F)(F)C(F)(F)C(F)(F)C(F)(F)C(F)(F)C(F)(F)F)C1=O)OCO3. The van der Waals surface area contributed by atoms with Gasteiger partial charge in [-0.1, -0.05) is 13.8 Å². The maximum Gasteiger partial charge on any atom is 0.460 e. The third kappa shape index (κ3) is 6.30. The maximum atomic E-state index is 14.6. The first-order valence-electron chi connectivity index (χ1n) is 13.5. The van der Waals surface area contributed by atoms with E-state index in [1.165, 1.54) is 17.0 Å². The van der Waals surface area contributed by atoms with Gasteiger partial charge in [-0.2, -0.15) is 74.6 Å². The van der Waals surface area contributed by atoms with Crippen molar-refractivity contribution in [1.29, 1.82) is 0 Å². The quantitative estimate of drug-likeness (QED) is 0.189. The molecule has 0 fully saturated rings. The average Bonchev–Trinajstić information content (AvgIpc) is 3.36. The molecule has 0 radical (unpaired) electrons. The Kier molecular flexibility index (Phi) is 10.5. The monoisotopic (exact) mass is 753 g/mol. The lowest BCUT2D eigenvalue weighted by molar-refractivity contribution is -0.461. The number of carbonyl (C=O) groups excluding carboxylic acids is 1. The van der Waals surface area contributed by atoms with E-state index in [1.807, 2.05) is 0 Å². The molecule has 4 nitrogen and oxygen atoms in total. The molecule has 0 bridgehead atoms. The molecule has 2 heterocycles. The summed E-state index contributed by atoms with van der Waals surface area (Å²) in [6.07, 6.45) is -9.87. The Morgan fingerprint density at radius 3 is 1.73 bits per heavy atom. The van der Waals surface area contributed by atoms with Gasteiger partial charge in [-0.05, 0) is 42.0 Å². The van der Waals surface area contributed by atoms with E-state index in [-0.39, 0.29) is 61.0 Å². The van der Waals surface area contributed by atoms with Gasteiger partial charge in [0.05, 0.1) is 0 Å². The summed E-state index contributed by atoms with van der Waals surface area (Å²) in [6.45, 7) is 3.49. The summed E-state index contributed by atoms with van der Waals surface area (Å²) < 4.78 is 242. The highest BCUT2D eigenvalue weighted by atomic mass is 32.2. The molecule has 2 aliphatic heterocycles. The zero-order valence-corrected chi connectivity index (χ0v) is 25.1. The molecule has 0 aromatic heterocycles. The summed E-state index contributed by atoms with van der Waals surface area (Å²) in [5, 5.41) is -1.55. The van der Waals surface area contributed by atoms with Gasteiger partial charge in [0.1, 0.15) is 5.25 Å². The van der Waals surface area contributed by atoms with Crippen LogP contribution in [0.15, 0.2) is 12.1 Å². The zero-order chi connectivity index (χ0) is 37.1. The first-order chi connectivity index (χ1) is 21.5. The lowest BCUT2D eigenvalue weighted by Crippen LogP contribution is -2.74. The predicted molar refractivity (Wildman–Crippen MR) is 133 cm³/mol. The minimum absolute atomic E-state index is 0.0490. The van der Waals surface area contributed by atoms with Crippen LogP contribution in [0, 0.1) is 5.92 Å². The molecule has 1 unspecified atom stereocenters. The fraction of sp³-hybridized carbons (Fsp3) is 0.731. The van der Waals surface area contributed by atoms with E-state index in [2.05, 4.69) is 0 Å². The van der Waals surface area contributed by atoms with Crippen molar-refractivity contribution in [2.24, 2.45) is 5.92 Å². The molecular weight excluding hydrogens is 729 g/mol. The number of rotatable bonds is 13. The van der Waals surface area contributed by atoms with Gasteiger partial charge >= 0.3 is 47.6 Å². The summed E-state index contributed by atoms with van der Waals surface area (Å²) >= 11 is 0.0963. The normalized spacial score (nSPS) is 18.8. The van der Waals surface area contributed by atoms with Crippen LogP contribution in [-0.4, -0.2) is 84.1 Å². The second-order valence-corrected chi connectivity index (χ2v) is 12.5. The molecule has 276 valence electrons. The van der Waals surface area contributed by atoms with Crippen molar-refractivity contribution in [3.8, 4) is 11.5 Å². The minimum Gasteiger partial charge on any atom is -0.454 e. The van der Waals surface area contributed by atoms with Crippen LogP contribution in [0.4, 0.5) is 74.6 Å². The van der Waals surface area contributed by atoms with Gasteiger partial charge in [0, 0.05) is 25.3 Å². The minimum atomic E-state index is -8.68. The van der Waals surface area contributed by atoms with E-state index in [0.29, 0.717) is 12.0 Å². The maximum absolute atomic E-state index is 14.6. The number of thioether (sulfide) groups is 1. The summed E-state index contributed by atoms with van der Waals surface area (Å²) in [5.74, 6) is -58.7. The molecule has 2 aliphatic rings. The third-order valence-electron chi connectivity index (χ3n) is 7.57. The van der Waals surface area contributed by atoms with E-state index in [4.69, 9.17) is 9.47 Å². The Balaban J connectivity index is 1.92. The number of fused-ring (bicyclic) bond motifs is 2. The number of halogens is 17. The van der Waals surface area contributed by atoms with Crippen LogP contribution in [0.5, 0.6) is 11.5 Å². The van der Waals surface area contributed by atoms with Gasteiger partial charge in [-0.3, -0.25) is 4.79 Å². The van der Waals surface area contributed by atoms with Crippen LogP contribution >= 0.6 is 11.8 Å².